The molecule has 3 amide bonds. The molecule has 0 spiro atoms. The van der Waals surface area contributed by atoms with Crippen LogP contribution < -0.4 is 10.0 Å². The predicted octanol–water partition coefficient (Wildman–Crippen LogP) is 0.209. The van der Waals surface area contributed by atoms with Gasteiger partial charge in [0.15, 0.2) is 0 Å². The summed E-state index contributed by atoms with van der Waals surface area (Å²) >= 11 is 0.698. The van der Waals surface area contributed by atoms with Gasteiger partial charge in [0, 0.05) is 12.1 Å². The van der Waals surface area contributed by atoms with E-state index in [0.717, 1.165) is 9.80 Å². The Kier molecular flexibility index (Phi) is 3.69. The monoisotopic (exact) mass is 331 g/mol. The van der Waals surface area contributed by atoms with Crippen molar-refractivity contribution in [2.45, 2.75) is 6.92 Å². The van der Waals surface area contributed by atoms with Gasteiger partial charge in [0.2, 0.25) is 0 Å². The van der Waals surface area contributed by atoms with Crippen LogP contribution in [0.25, 0.3) is 5.57 Å². The summed E-state index contributed by atoms with van der Waals surface area (Å²) in [7, 11) is 0. The largest absolute Gasteiger partial charge is 0.548 e. The number of benzene rings is 1. The number of likely N-dealkylation sites (N-methyl/N-ethyl adjacent to an activating group) is 1. The minimum absolute atomic E-state index is 0.0372. The number of anilines is 1. The SMILES string of the molecule is CCN1C(=O)S/C(=C2\C(=O)N(CC(=O)[O-])c3ccccc32)C1=O. The van der Waals surface area contributed by atoms with Crippen molar-refractivity contribution in [1.29, 1.82) is 0 Å². The van der Waals surface area contributed by atoms with E-state index in [1.54, 1.807) is 31.2 Å². The first-order valence-electron chi connectivity index (χ1n) is 6.84. The third-order valence-electron chi connectivity index (χ3n) is 3.60. The van der Waals surface area contributed by atoms with Crippen molar-refractivity contribution in [3.05, 3.63) is 34.7 Å². The molecule has 0 unspecified atom stereocenters. The van der Waals surface area contributed by atoms with E-state index < -0.39 is 29.6 Å². The molecule has 2 aliphatic heterocycles. The summed E-state index contributed by atoms with van der Waals surface area (Å²) in [6.07, 6.45) is 0. The third-order valence-corrected chi connectivity index (χ3v) is 4.58. The molecular formula is C15H11N2O5S-. The first-order chi connectivity index (χ1) is 11.0. The highest BCUT2D eigenvalue weighted by Gasteiger charge is 2.42. The molecule has 0 aliphatic carbocycles. The van der Waals surface area contributed by atoms with Crippen LogP contribution in [-0.2, 0) is 14.4 Å². The van der Waals surface area contributed by atoms with Crippen molar-refractivity contribution in [3.8, 4) is 0 Å². The summed E-state index contributed by atoms with van der Waals surface area (Å²) < 4.78 is 0. The molecule has 0 radical (unpaired) electrons. The average molecular weight is 331 g/mol. The van der Waals surface area contributed by atoms with Crippen LogP contribution in [0.5, 0.6) is 0 Å². The second kappa shape index (κ2) is 5.54. The Hall–Kier alpha value is -2.61. The van der Waals surface area contributed by atoms with Gasteiger partial charge >= 0.3 is 0 Å². The highest BCUT2D eigenvalue weighted by Crippen LogP contribution is 2.44. The Labute approximate surface area is 135 Å². The molecule has 3 rings (SSSR count). The van der Waals surface area contributed by atoms with Crippen molar-refractivity contribution in [2.24, 2.45) is 0 Å². The first kappa shape index (κ1) is 15.3. The van der Waals surface area contributed by atoms with E-state index in [1.807, 2.05) is 0 Å². The summed E-state index contributed by atoms with van der Waals surface area (Å²) in [5, 5.41) is 10.5. The minimum atomic E-state index is -1.41. The average Bonchev–Trinajstić information content (AvgIpc) is 2.93. The number of fused-ring (bicyclic) bond motifs is 1. The summed E-state index contributed by atoms with van der Waals surface area (Å²) in [6.45, 7) is 1.26. The second-order valence-corrected chi connectivity index (χ2v) is 5.86. The lowest BCUT2D eigenvalue weighted by molar-refractivity contribution is -0.303. The van der Waals surface area contributed by atoms with Crippen LogP contribution in [-0.4, -0.2) is 41.0 Å². The normalized spacial score (nSPS) is 20.5. The summed E-state index contributed by atoms with van der Waals surface area (Å²) in [5.74, 6) is -2.55. The van der Waals surface area contributed by atoms with Crippen LogP contribution in [0.1, 0.15) is 12.5 Å². The maximum atomic E-state index is 12.6. The molecule has 8 heteroatoms. The van der Waals surface area contributed by atoms with Crippen LogP contribution >= 0.6 is 11.8 Å². The van der Waals surface area contributed by atoms with Crippen molar-refractivity contribution in [1.82, 2.24) is 4.90 Å². The maximum Gasteiger partial charge on any atom is 0.293 e. The molecular weight excluding hydrogens is 320 g/mol. The number of thioether (sulfide) groups is 1. The van der Waals surface area contributed by atoms with Gasteiger partial charge in [-0.15, -0.1) is 0 Å². The van der Waals surface area contributed by atoms with Gasteiger partial charge in [-0.05, 0) is 24.8 Å². The standard InChI is InChI=1S/C15H12N2O5S/c1-2-16-14(21)12(23-15(16)22)11-8-5-3-4-6-9(8)17(13(11)20)7-10(18)19/h3-6H,2,7H2,1H3,(H,18,19)/p-1/b12-11-. The molecule has 1 aromatic carbocycles. The van der Waals surface area contributed by atoms with Gasteiger partial charge in [0.25, 0.3) is 17.1 Å². The number of nitrogens with zero attached hydrogens (tertiary/aromatic N) is 2. The van der Waals surface area contributed by atoms with Crippen molar-refractivity contribution in [2.75, 3.05) is 18.0 Å². The van der Waals surface area contributed by atoms with E-state index in [0.29, 0.717) is 23.0 Å². The number of aliphatic carboxylic acids is 1. The molecule has 1 aromatic rings. The Morgan fingerprint density at radius 3 is 2.43 bits per heavy atom. The van der Waals surface area contributed by atoms with Gasteiger partial charge in [-0.1, -0.05) is 18.2 Å². The number of imide groups is 1. The molecule has 0 aromatic heterocycles. The maximum absolute atomic E-state index is 12.6. The fourth-order valence-electron chi connectivity index (χ4n) is 2.61. The first-order valence-corrected chi connectivity index (χ1v) is 7.66. The lowest BCUT2D eigenvalue weighted by Gasteiger charge is -2.17. The third kappa shape index (κ3) is 2.31. The number of rotatable bonds is 3. The van der Waals surface area contributed by atoms with Crippen molar-refractivity contribution in [3.63, 3.8) is 0 Å². The van der Waals surface area contributed by atoms with E-state index in [-0.39, 0.29) is 17.0 Å². The molecule has 0 saturated carbocycles. The van der Waals surface area contributed by atoms with Crippen LogP contribution in [0, 0.1) is 0 Å². The van der Waals surface area contributed by atoms with Crippen LogP contribution in [0.15, 0.2) is 29.2 Å². The van der Waals surface area contributed by atoms with Gasteiger partial charge in [-0.2, -0.15) is 0 Å². The Morgan fingerprint density at radius 2 is 1.83 bits per heavy atom. The number of hydrogen-bond acceptors (Lipinski definition) is 6. The highest BCUT2D eigenvalue weighted by atomic mass is 32.2. The van der Waals surface area contributed by atoms with Gasteiger partial charge < -0.3 is 14.8 Å². The summed E-state index contributed by atoms with van der Waals surface area (Å²) in [6, 6.07) is 6.55. The molecule has 1 saturated heterocycles. The molecule has 0 atom stereocenters. The van der Waals surface area contributed by atoms with E-state index >= 15 is 0 Å². The van der Waals surface area contributed by atoms with E-state index in [2.05, 4.69) is 0 Å². The summed E-state index contributed by atoms with van der Waals surface area (Å²) in [5.41, 5.74) is 0.904. The zero-order valence-electron chi connectivity index (χ0n) is 12.1. The molecule has 0 bridgehead atoms. The topological polar surface area (TPSA) is 97.8 Å². The Morgan fingerprint density at radius 1 is 1.13 bits per heavy atom. The van der Waals surface area contributed by atoms with Gasteiger partial charge in [-0.3, -0.25) is 19.3 Å². The van der Waals surface area contributed by atoms with Gasteiger partial charge in [0.1, 0.15) is 0 Å². The minimum Gasteiger partial charge on any atom is -0.548 e. The van der Waals surface area contributed by atoms with Crippen LogP contribution in [0.4, 0.5) is 10.5 Å². The molecule has 23 heavy (non-hydrogen) atoms. The van der Waals surface area contributed by atoms with E-state index in [1.165, 1.54) is 0 Å². The lowest BCUT2D eigenvalue weighted by Crippen LogP contribution is -2.39. The molecule has 1 fully saturated rings. The smallest absolute Gasteiger partial charge is 0.293 e. The van der Waals surface area contributed by atoms with Gasteiger partial charge in [-0.25, -0.2) is 0 Å². The molecule has 2 aliphatic rings. The van der Waals surface area contributed by atoms with E-state index in [9.17, 15) is 24.3 Å². The molecule has 2 heterocycles. The second-order valence-electron chi connectivity index (χ2n) is 4.90. The lowest BCUT2D eigenvalue weighted by atomic mass is 10.1. The number of carbonyl (C=O) groups is 4. The Bertz CT molecular complexity index is 786. The van der Waals surface area contributed by atoms with Crippen molar-refractivity contribution < 1.29 is 24.3 Å². The molecule has 118 valence electrons. The zero-order valence-corrected chi connectivity index (χ0v) is 12.9. The zero-order chi connectivity index (χ0) is 16.7. The van der Waals surface area contributed by atoms with Crippen molar-refractivity contribution >= 4 is 46.0 Å². The Balaban J connectivity index is 2.16. The van der Waals surface area contributed by atoms with Crippen LogP contribution in [0.3, 0.4) is 0 Å². The summed E-state index contributed by atoms with van der Waals surface area (Å²) in [4.78, 5) is 49.8. The number of para-hydroxylation sites is 1. The van der Waals surface area contributed by atoms with Gasteiger partial charge in [0.05, 0.1) is 28.7 Å². The van der Waals surface area contributed by atoms with E-state index in [4.69, 9.17) is 0 Å². The molecule has 7 nitrogen and oxygen atoms in total. The number of hydrogen-bond donors (Lipinski definition) is 0. The number of carboxylic acids is 1. The molecule has 0 N–H and O–H groups in total. The number of carboxylic acid groups (broad SMARTS) is 1. The fourth-order valence-corrected chi connectivity index (χ4v) is 3.60. The fraction of sp³-hybridized carbons (Fsp3) is 0.200. The number of amides is 3. The highest BCUT2D eigenvalue weighted by molar-refractivity contribution is 8.18. The predicted molar refractivity (Wildman–Crippen MR) is 81.1 cm³/mol. The quantitative estimate of drug-likeness (QED) is 0.734. The van der Waals surface area contributed by atoms with Crippen LogP contribution in [0.2, 0.25) is 0 Å². The number of carbonyl (C=O) groups excluding carboxylic acids is 4.